The summed E-state index contributed by atoms with van der Waals surface area (Å²) < 4.78 is 182. The van der Waals surface area contributed by atoms with Crippen molar-refractivity contribution < 1.29 is 62.2 Å². The van der Waals surface area contributed by atoms with Crippen molar-refractivity contribution in [3.63, 3.8) is 0 Å². The van der Waals surface area contributed by atoms with E-state index in [9.17, 15) is 52.7 Å². The number of anilines is 2. The van der Waals surface area contributed by atoms with E-state index in [1.54, 1.807) is 56.2 Å². The first-order valence-electron chi connectivity index (χ1n) is 14.5. The largest absolute Gasteiger partial charge is 0.496 e. The molecule has 0 N–H and O–H groups in total. The van der Waals surface area contributed by atoms with Gasteiger partial charge in [-0.3, -0.25) is 0 Å². The van der Waals surface area contributed by atoms with E-state index in [0.717, 1.165) is 7.11 Å². The molecule has 0 spiro atoms. The van der Waals surface area contributed by atoms with Crippen LogP contribution in [0.3, 0.4) is 0 Å². The van der Waals surface area contributed by atoms with Crippen LogP contribution >= 0.6 is 7.92 Å². The van der Waals surface area contributed by atoms with Gasteiger partial charge >= 0.3 is 24.7 Å². The molecule has 0 aromatic heterocycles. The lowest BCUT2D eigenvalue weighted by molar-refractivity contribution is -0.144. The molecule has 4 nitrogen and oxygen atoms in total. The molecule has 0 aliphatic heterocycles. The third-order valence-corrected chi connectivity index (χ3v) is 10.1. The molecule has 0 unspecified atom stereocenters. The van der Waals surface area contributed by atoms with Gasteiger partial charge in [0.2, 0.25) is 0 Å². The summed E-state index contributed by atoms with van der Waals surface area (Å²) in [5.74, 6) is -0.311. The normalized spacial score (nSPS) is 12.7. The minimum absolute atomic E-state index is 0.0482. The van der Waals surface area contributed by atoms with Crippen LogP contribution in [0.2, 0.25) is 0 Å². The highest BCUT2D eigenvalue weighted by atomic mass is 31.1. The fourth-order valence-electron chi connectivity index (χ4n) is 5.42. The Hall–Kier alpha value is -4.33. The molecule has 0 saturated heterocycles. The summed E-state index contributed by atoms with van der Waals surface area (Å²) in [6.45, 7) is 0. The van der Waals surface area contributed by atoms with E-state index in [1.165, 1.54) is 19.2 Å². The molecular formula is C34H29F12N2O2P. The number of nitrogens with zero attached hydrogens (tertiary/aromatic N) is 2. The summed E-state index contributed by atoms with van der Waals surface area (Å²) >= 11 is 0. The van der Waals surface area contributed by atoms with E-state index in [1.807, 2.05) is 0 Å². The van der Waals surface area contributed by atoms with E-state index in [4.69, 9.17) is 9.47 Å². The van der Waals surface area contributed by atoms with Crippen LogP contribution in [-0.4, -0.2) is 42.4 Å². The molecule has 4 rings (SSSR count). The average molecular weight is 757 g/mol. The molecule has 0 amide bonds. The Balaban J connectivity index is 2.39. The summed E-state index contributed by atoms with van der Waals surface area (Å²) in [6, 6.07) is 8.27. The molecule has 0 aliphatic rings. The zero-order chi connectivity index (χ0) is 38.4. The standard InChI is InChI=1S/C34H29F12N2O2P/c1-47(2)24-8-7-9-25(48(3)4)28(24)29-26(49-5)10-11-27(50-6)30(29)51(22-14-18(31(35,36)37)12-19(15-22)32(38,39)40)23-16-20(33(41,42)43)13-21(17-23)34(44,45)46/h7-17H,1-6H3. The first kappa shape index (κ1) is 39.5. The Labute approximate surface area is 285 Å². The van der Waals surface area contributed by atoms with Crippen molar-refractivity contribution in [2.75, 3.05) is 52.2 Å². The van der Waals surface area contributed by atoms with Gasteiger partial charge in [0.1, 0.15) is 11.5 Å². The Kier molecular flexibility index (Phi) is 10.8. The van der Waals surface area contributed by atoms with Crippen molar-refractivity contribution in [2.24, 2.45) is 0 Å². The molecule has 0 bridgehead atoms. The van der Waals surface area contributed by atoms with E-state index < -0.39 is 65.5 Å². The minimum Gasteiger partial charge on any atom is -0.496 e. The van der Waals surface area contributed by atoms with Gasteiger partial charge in [0.15, 0.2) is 0 Å². The second-order valence-electron chi connectivity index (χ2n) is 11.5. The van der Waals surface area contributed by atoms with Crippen LogP contribution in [0.1, 0.15) is 22.3 Å². The number of ether oxygens (including phenoxy) is 2. The average Bonchev–Trinajstić information content (AvgIpc) is 3.02. The lowest BCUT2D eigenvalue weighted by Gasteiger charge is -2.31. The Morgan fingerprint density at radius 1 is 0.471 bits per heavy atom. The van der Waals surface area contributed by atoms with Gasteiger partial charge in [-0.2, -0.15) is 52.7 Å². The van der Waals surface area contributed by atoms with Gasteiger partial charge in [-0.15, -0.1) is 0 Å². The quantitative estimate of drug-likeness (QED) is 0.132. The third kappa shape index (κ3) is 8.26. The summed E-state index contributed by atoms with van der Waals surface area (Å²) in [5.41, 5.74) is -6.29. The molecule has 0 aliphatic carbocycles. The van der Waals surface area contributed by atoms with Gasteiger partial charge in [0, 0.05) is 56.0 Å². The van der Waals surface area contributed by atoms with Crippen molar-refractivity contribution in [1.29, 1.82) is 0 Å². The summed E-state index contributed by atoms with van der Waals surface area (Å²) in [7, 11) is 5.58. The van der Waals surface area contributed by atoms with E-state index in [2.05, 4.69) is 0 Å². The van der Waals surface area contributed by atoms with Gasteiger partial charge in [-0.05, 0) is 79.2 Å². The SMILES string of the molecule is COc1ccc(OC)c(P(c2cc(C(F)(F)F)cc(C(F)(F)F)c2)c2cc(C(F)(F)F)cc(C(F)(F)F)c2)c1-c1c(N(C)C)cccc1N(C)C. The lowest BCUT2D eigenvalue weighted by atomic mass is 9.98. The van der Waals surface area contributed by atoms with Crippen molar-refractivity contribution in [3.05, 3.63) is 89.0 Å². The van der Waals surface area contributed by atoms with E-state index >= 15 is 0 Å². The van der Waals surface area contributed by atoms with Crippen LogP contribution < -0.4 is 35.2 Å². The summed E-state index contributed by atoms with van der Waals surface area (Å²) in [6.07, 6.45) is -21.6. The lowest BCUT2D eigenvalue weighted by Crippen LogP contribution is -2.28. The van der Waals surface area contributed by atoms with Crippen LogP contribution in [0.4, 0.5) is 64.1 Å². The number of hydrogen-bond donors (Lipinski definition) is 0. The zero-order valence-corrected chi connectivity index (χ0v) is 28.4. The number of rotatable bonds is 8. The molecular weight excluding hydrogens is 727 g/mol. The fourth-order valence-corrected chi connectivity index (χ4v) is 8.14. The first-order chi connectivity index (χ1) is 23.4. The Morgan fingerprint density at radius 2 is 0.804 bits per heavy atom. The third-order valence-electron chi connectivity index (χ3n) is 7.66. The van der Waals surface area contributed by atoms with Crippen LogP contribution in [0, 0.1) is 0 Å². The topological polar surface area (TPSA) is 24.9 Å². The van der Waals surface area contributed by atoms with Gasteiger partial charge in [0.25, 0.3) is 0 Å². The first-order valence-corrected chi connectivity index (χ1v) is 15.9. The van der Waals surface area contributed by atoms with Gasteiger partial charge < -0.3 is 19.3 Å². The highest BCUT2D eigenvalue weighted by Gasteiger charge is 2.42. The Morgan fingerprint density at radius 3 is 1.10 bits per heavy atom. The van der Waals surface area contributed by atoms with Crippen LogP contribution in [0.15, 0.2) is 66.7 Å². The van der Waals surface area contributed by atoms with Crippen molar-refractivity contribution in [3.8, 4) is 22.6 Å². The number of benzene rings is 4. The van der Waals surface area contributed by atoms with Gasteiger partial charge in [0.05, 0.1) is 36.5 Å². The molecule has 4 aromatic carbocycles. The molecule has 0 heterocycles. The maximum Gasteiger partial charge on any atom is 0.416 e. The summed E-state index contributed by atoms with van der Waals surface area (Å²) in [5, 5.41) is -2.02. The molecule has 4 aromatic rings. The highest BCUT2D eigenvalue weighted by Crippen LogP contribution is 2.51. The molecule has 51 heavy (non-hydrogen) atoms. The second kappa shape index (κ2) is 14.0. The van der Waals surface area contributed by atoms with E-state index in [-0.39, 0.29) is 40.1 Å². The van der Waals surface area contributed by atoms with Crippen LogP contribution in [0.25, 0.3) is 11.1 Å². The monoisotopic (exact) mass is 756 g/mol. The molecule has 0 fully saturated rings. The van der Waals surface area contributed by atoms with Crippen LogP contribution in [0.5, 0.6) is 11.5 Å². The maximum atomic E-state index is 14.2. The van der Waals surface area contributed by atoms with Crippen molar-refractivity contribution in [1.82, 2.24) is 0 Å². The maximum absolute atomic E-state index is 14.2. The van der Waals surface area contributed by atoms with Crippen molar-refractivity contribution >= 4 is 35.2 Å². The molecule has 0 radical (unpaired) electrons. The predicted octanol–water partition coefficient (Wildman–Crippen LogP) is 9.34. The second-order valence-corrected chi connectivity index (χ2v) is 13.7. The highest BCUT2D eigenvalue weighted by molar-refractivity contribution is 7.80. The molecule has 0 atom stereocenters. The van der Waals surface area contributed by atoms with E-state index in [0.29, 0.717) is 35.6 Å². The number of hydrogen-bond acceptors (Lipinski definition) is 4. The molecule has 0 saturated carbocycles. The molecule has 276 valence electrons. The Bertz CT molecular complexity index is 1730. The molecule has 17 heteroatoms. The number of halogens is 12. The fraction of sp³-hybridized carbons (Fsp3) is 0.294. The smallest absolute Gasteiger partial charge is 0.416 e. The number of methoxy groups -OCH3 is 2. The predicted molar refractivity (Wildman–Crippen MR) is 172 cm³/mol. The summed E-state index contributed by atoms with van der Waals surface area (Å²) in [4.78, 5) is 3.23. The minimum atomic E-state index is -5.40. The number of alkyl halides is 12. The van der Waals surface area contributed by atoms with Gasteiger partial charge in [-0.1, -0.05) is 6.07 Å². The van der Waals surface area contributed by atoms with Crippen LogP contribution in [-0.2, 0) is 24.7 Å². The van der Waals surface area contributed by atoms with Crippen molar-refractivity contribution in [2.45, 2.75) is 24.7 Å². The zero-order valence-electron chi connectivity index (χ0n) is 27.5. The van der Waals surface area contributed by atoms with Gasteiger partial charge in [-0.25, -0.2) is 0 Å².